The van der Waals surface area contributed by atoms with Gasteiger partial charge in [-0.3, -0.25) is 5.10 Å². The van der Waals surface area contributed by atoms with Crippen molar-refractivity contribution in [1.29, 1.82) is 0 Å². The zero-order valence-electron chi connectivity index (χ0n) is 9.38. The topological polar surface area (TPSA) is 40.7 Å². The Hall–Kier alpha value is -0.830. The van der Waals surface area contributed by atoms with Gasteiger partial charge < -0.3 is 5.32 Å². The predicted octanol–water partition coefficient (Wildman–Crippen LogP) is 2.32. The Morgan fingerprint density at radius 3 is 2.64 bits per heavy atom. The number of nitrogens with one attached hydrogen (secondary N) is 2. The number of rotatable bonds is 6. The van der Waals surface area contributed by atoms with Crippen LogP contribution < -0.4 is 5.32 Å². The van der Waals surface area contributed by atoms with Crippen LogP contribution >= 0.6 is 0 Å². The largest absolute Gasteiger partial charge is 0.308 e. The Balaban J connectivity index is 2.30. The van der Waals surface area contributed by atoms with Gasteiger partial charge >= 0.3 is 0 Å². The summed E-state index contributed by atoms with van der Waals surface area (Å²) in [6.07, 6.45) is 4.28. The normalized spacial score (nSPS) is 13.4. The summed E-state index contributed by atoms with van der Waals surface area (Å²) in [5, 5.41) is 10.4. The van der Waals surface area contributed by atoms with Gasteiger partial charge in [-0.2, -0.15) is 5.10 Å². The number of nitrogens with zero attached hydrogens (tertiary/aromatic N) is 1. The highest BCUT2D eigenvalue weighted by Crippen LogP contribution is 2.12. The molecule has 0 amide bonds. The van der Waals surface area contributed by atoms with E-state index in [1.54, 1.807) is 6.20 Å². The Bertz CT molecular complexity index is 227. The van der Waals surface area contributed by atoms with E-state index < -0.39 is 0 Å². The molecule has 1 atom stereocenters. The van der Waals surface area contributed by atoms with Crippen LogP contribution in [0.3, 0.4) is 0 Å². The molecule has 0 aliphatic rings. The summed E-state index contributed by atoms with van der Waals surface area (Å²) < 4.78 is 0. The molecule has 0 fully saturated rings. The van der Waals surface area contributed by atoms with Crippen LogP contribution in [0.5, 0.6) is 0 Å². The summed E-state index contributed by atoms with van der Waals surface area (Å²) in [7, 11) is 0. The van der Waals surface area contributed by atoms with Crippen LogP contribution in [-0.4, -0.2) is 16.2 Å². The summed E-state index contributed by atoms with van der Waals surface area (Å²) in [6, 6.07) is 2.58. The van der Waals surface area contributed by atoms with Crippen molar-refractivity contribution < 1.29 is 0 Å². The molecule has 0 bridgehead atoms. The minimum absolute atomic E-state index is 0.577. The monoisotopic (exact) mass is 195 g/mol. The first-order valence-electron chi connectivity index (χ1n) is 5.49. The molecule has 0 saturated heterocycles. The number of hydrogen-bond donors (Lipinski definition) is 2. The van der Waals surface area contributed by atoms with Crippen LogP contribution in [0.15, 0.2) is 12.3 Å². The average molecular weight is 195 g/mol. The van der Waals surface area contributed by atoms with Crippen LogP contribution in [-0.2, 0) is 6.54 Å². The third-order valence-electron chi connectivity index (χ3n) is 2.93. The molecular weight excluding hydrogens is 174 g/mol. The molecule has 2 N–H and O–H groups in total. The fraction of sp³-hybridized carbons (Fsp3) is 0.727. The quantitative estimate of drug-likeness (QED) is 0.731. The molecule has 0 saturated carbocycles. The summed E-state index contributed by atoms with van der Waals surface area (Å²) in [5.41, 5.74) is 1.16. The molecule has 1 heterocycles. The van der Waals surface area contributed by atoms with Gasteiger partial charge in [0.25, 0.3) is 0 Å². The first-order valence-corrected chi connectivity index (χ1v) is 5.49. The summed E-state index contributed by atoms with van der Waals surface area (Å²) in [5.74, 6) is 0.776. The lowest BCUT2D eigenvalue weighted by atomic mass is 9.95. The van der Waals surface area contributed by atoms with Gasteiger partial charge in [0.2, 0.25) is 0 Å². The van der Waals surface area contributed by atoms with Gasteiger partial charge in [-0.05, 0) is 18.9 Å². The van der Waals surface area contributed by atoms with Crippen LogP contribution in [0.25, 0.3) is 0 Å². The van der Waals surface area contributed by atoms with E-state index in [0.717, 1.165) is 18.2 Å². The van der Waals surface area contributed by atoms with Crippen molar-refractivity contribution in [2.24, 2.45) is 5.92 Å². The highest BCUT2D eigenvalue weighted by Gasteiger charge is 2.12. The van der Waals surface area contributed by atoms with E-state index in [9.17, 15) is 0 Å². The summed E-state index contributed by atoms with van der Waals surface area (Å²) in [6.45, 7) is 7.65. The lowest BCUT2D eigenvalue weighted by Crippen LogP contribution is -2.32. The maximum absolute atomic E-state index is 3.92. The smallest absolute Gasteiger partial charge is 0.0490 e. The molecule has 0 aliphatic heterocycles. The number of aromatic amines is 1. The second-order valence-corrected chi connectivity index (χ2v) is 3.83. The van der Waals surface area contributed by atoms with Gasteiger partial charge in [-0.1, -0.05) is 26.7 Å². The highest BCUT2D eigenvalue weighted by molar-refractivity contribution is 4.96. The second-order valence-electron chi connectivity index (χ2n) is 3.83. The van der Waals surface area contributed by atoms with Crippen molar-refractivity contribution in [3.63, 3.8) is 0 Å². The number of hydrogen-bond acceptors (Lipinski definition) is 2. The molecule has 1 aromatic rings. The predicted molar refractivity (Wildman–Crippen MR) is 59.0 cm³/mol. The third kappa shape index (κ3) is 3.14. The van der Waals surface area contributed by atoms with Gasteiger partial charge in [0.05, 0.1) is 0 Å². The van der Waals surface area contributed by atoms with Gasteiger partial charge in [0.15, 0.2) is 0 Å². The van der Waals surface area contributed by atoms with Crippen LogP contribution in [0.4, 0.5) is 0 Å². The minimum Gasteiger partial charge on any atom is -0.308 e. The lowest BCUT2D eigenvalue weighted by molar-refractivity contribution is 0.352. The van der Waals surface area contributed by atoms with Crippen molar-refractivity contribution >= 4 is 0 Å². The Morgan fingerprint density at radius 1 is 1.43 bits per heavy atom. The average Bonchev–Trinajstić information content (AvgIpc) is 2.69. The molecule has 0 aromatic carbocycles. The second kappa shape index (κ2) is 5.81. The van der Waals surface area contributed by atoms with Crippen molar-refractivity contribution in [2.75, 3.05) is 0 Å². The van der Waals surface area contributed by atoms with E-state index in [0.29, 0.717) is 6.04 Å². The van der Waals surface area contributed by atoms with Crippen molar-refractivity contribution in [2.45, 2.75) is 46.2 Å². The van der Waals surface area contributed by atoms with Gasteiger partial charge in [0, 0.05) is 24.5 Å². The molecule has 1 unspecified atom stereocenters. The molecule has 0 aliphatic carbocycles. The van der Waals surface area contributed by atoms with Crippen molar-refractivity contribution in [3.8, 4) is 0 Å². The lowest BCUT2D eigenvalue weighted by Gasteiger charge is -2.22. The molecule has 1 aromatic heterocycles. The van der Waals surface area contributed by atoms with Crippen LogP contribution in [0, 0.1) is 5.92 Å². The van der Waals surface area contributed by atoms with Gasteiger partial charge in [-0.25, -0.2) is 0 Å². The molecule has 3 heteroatoms. The molecule has 80 valence electrons. The number of H-pyrrole nitrogens is 1. The Labute approximate surface area is 86.3 Å². The zero-order chi connectivity index (χ0) is 10.4. The van der Waals surface area contributed by atoms with E-state index >= 15 is 0 Å². The minimum atomic E-state index is 0.577. The van der Waals surface area contributed by atoms with Gasteiger partial charge in [-0.15, -0.1) is 0 Å². The van der Waals surface area contributed by atoms with Crippen LogP contribution in [0.2, 0.25) is 0 Å². The number of aromatic nitrogens is 2. The molecular formula is C11H21N3. The van der Waals surface area contributed by atoms with Crippen LogP contribution in [0.1, 0.15) is 39.3 Å². The standard InChI is InChI=1S/C11H21N3/c1-4-10(5-2)9(3)12-8-11-6-7-13-14-11/h6-7,9-10,12H,4-5,8H2,1-3H3,(H,13,14). The maximum Gasteiger partial charge on any atom is 0.0490 e. The molecule has 3 nitrogen and oxygen atoms in total. The molecule has 14 heavy (non-hydrogen) atoms. The van der Waals surface area contributed by atoms with Crippen molar-refractivity contribution in [3.05, 3.63) is 18.0 Å². The SMILES string of the molecule is CCC(CC)C(C)NCc1ccn[nH]1. The first-order chi connectivity index (χ1) is 6.77. The Morgan fingerprint density at radius 2 is 2.14 bits per heavy atom. The zero-order valence-corrected chi connectivity index (χ0v) is 9.38. The van der Waals surface area contributed by atoms with E-state index in [2.05, 4.69) is 36.3 Å². The summed E-state index contributed by atoms with van der Waals surface area (Å²) in [4.78, 5) is 0. The maximum atomic E-state index is 3.92. The Kier molecular flexibility index (Phi) is 4.66. The van der Waals surface area contributed by atoms with Crippen molar-refractivity contribution in [1.82, 2.24) is 15.5 Å². The van der Waals surface area contributed by atoms with E-state index in [-0.39, 0.29) is 0 Å². The molecule has 0 spiro atoms. The van der Waals surface area contributed by atoms with E-state index in [1.165, 1.54) is 12.8 Å². The molecule has 1 rings (SSSR count). The van der Waals surface area contributed by atoms with E-state index in [1.807, 2.05) is 6.07 Å². The fourth-order valence-electron chi connectivity index (χ4n) is 1.82. The van der Waals surface area contributed by atoms with E-state index in [4.69, 9.17) is 0 Å². The van der Waals surface area contributed by atoms with Gasteiger partial charge in [0.1, 0.15) is 0 Å². The first kappa shape index (κ1) is 11.2. The third-order valence-corrected chi connectivity index (χ3v) is 2.93. The summed E-state index contributed by atoms with van der Waals surface area (Å²) >= 11 is 0. The highest BCUT2D eigenvalue weighted by atomic mass is 15.1. The molecule has 0 radical (unpaired) electrons. The fourth-order valence-corrected chi connectivity index (χ4v) is 1.82.